The standard InChI is InChI=1S/C32H41NO4/c1-19(37-30(35)28-5-4-16-33-28)20-6-8-21(9-7-20)26-18-31(2)27(14-15-32(31,3)36)25-12-10-22-17-23(34)11-13-24(22)29(25)26/h6-9,17,19,25-28,33,36H,4-5,10-16,18H2,1-3H3. The molecular formula is C32H41NO4. The number of aliphatic hydroxyl groups is 1. The summed E-state index contributed by atoms with van der Waals surface area (Å²) in [7, 11) is 0. The third-order valence-electron chi connectivity index (χ3n) is 10.7. The van der Waals surface area contributed by atoms with Crippen molar-refractivity contribution < 1.29 is 19.4 Å². The fourth-order valence-electron chi connectivity index (χ4n) is 8.39. The van der Waals surface area contributed by atoms with Crippen molar-refractivity contribution in [3.8, 4) is 0 Å². The van der Waals surface area contributed by atoms with E-state index in [1.807, 2.05) is 19.9 Å². The van der Waals surface area contributed by atoms with Crippen LogP contribution in [0.4, 0.5) is 0 Å². The van der Waals surface area contributed by atoms with E-state index < -0.39 is 5.60 Å². The van der Waals surface area contributed by atoms with Gasteiger partial charge in [-0.15, -0.1) is 0 Å². The van der Waals surface area contributed by atoms with Gasteiger partial charge in [0.05, 0.1) is 5.60 Å². The molecule has 0 bridgehead atoms. The summed E-state index contributed by atoms with van der Waals surface area (Å²) in [4.78, 5) is 24.8. The normalized spacial score (nSPS) is 37.9. The number of carbonyl (C=O) groups excluding carboxylic acids is 2. The maximum Gasteiger partial charge on any atom is 0.323 e. The number of esters is 1. The van der Waals surface area contributed by atoms with Crippen molar-refractivity contribution in [1.82, 2.24) is 5.32 Å². The minimum absolute atomic E-state index is 0.131. The SMILES string of the molecule is CC(OC(=O)C1CCCN1)c1ccc(C2CC3(C)C(CCC3(C)O)C3CCC4=CC(=O)CCC4=C23)cc1. The average molecular weight is 504 g/mol. The number of hydrogen-bond acceptors (Lipinski definition) is 5. The van der Waals surface area contributed by atoms with Gasteiger partial charge in [0.25, 0.3) is 0 Å². The number of fused-ring (bicyclic) bond motifs is 4. The van der Waals surface area contributed by atoms with E-state index in [9.17, 15) is 14.7 Å². The Bertz CT molecular complexity index is 1160. The van der Waals surface area contributed by atoms with Gasteiger partial charge in [-0.25, -0.2) is 0 Å². The third kappa shape index (κ3) is 4.13. The number of benzene rings is 1. The summed E-state index contributed by atoms with van der Waals surface area (Å²) in [5.41, 5.74) is 5.72. The van der Waals surface area contributed by atoms with E-state index in [-0.39, 0.29) is 35.2 Å². The van der Waals surface area contributed by atoms with Crippen LogP contribution in [0.15, 0.2) is 47.1 Å². The molecule has 0 radical (unpaired) electrons. The molecule has 7 atom stereocenters. The molecule has 1 aromatic rings. The van der Waals surface area contributed by atoms with Crippen LogP contribution in [0.1, 0.15) is 102 Å². The highest BCUT2D eigenvalue weighted by atomic mass is 16.5. The van der Waals surface area contributed by atoms with E-state index in [1.165, 1.54) is 16.7 Å². The molecule has 0 aromatic heterocycles. The van der Waals surface area contributed by atoms with Gasteiger partial charge in [0.15, 0.2) is 5.78 Å². The first kappa shape index (κ1) is 25.1. The van der Waals surface area contributed by atoms with Crippen molar-refractivity contribution in [1.29, 1.82) is 0 Å². The van der Waals surface area contributed by atoms with E-state index in [4.69, 9.17) is 4.74 Å². The Morgan fingerprint density at radius 1 is 1.11 bits per heavy atom. The molecule has 0 amide bonds. The molecular weight excluding hydrogens is 462 g/mol. The van der Waals surface area contributed by atoms with Crippen molar-refractivity contribution in [2.75, 3.05) is 6.54 Å². The van der Waals surface area contributed by atoms with Gasteiger partial charge in [0.1, 0.15) is 12.1 Å². The predicted octanol–water partition coefficient (Wildman–Crippen LogP) is 5.69. The maximum absolute atomic E-state index is 12.5. The lowest BCUT2D eigenvalue weighted by Crippen LogP contribution is -2.50. The smallest absolute Gasteiger partial charge is 0.323 e. The highest BCUT2D eigenvalue weighted by molar-refractivity contribution is 5.93. The number of hydrogen-bond donors (Lipinski definition) is 2. The largest absolute Gasteiger partial charge is 0.457 e. The fourth-order valence-corrected chi connectivity index (χ4v) is 8.39. The summed E-state index contributed by atoms with van der Waals surface area (Å²) >= 11 is 0. The van der Waals surface area contributed by atoms with E-state index in [2.05, 4.69) is 36.5 Å². The fraction of sp³-hybridized carbons (Fsp3) is 0.625. The summed E-state index contributed by atoms with van der Waals surface area (Å²) in [5.74, 6) is 1.30. The molecule has 1 saturated heterocycles. The maximum atomic E-state index is 12.5. The molecule has 1 aromatic carbocycles. The molecule has 1 heterocycles. The summed E-state index contributed by atoms with van der Waals surface area (Å²) in [5, 5.41) is 14.8. The zero-order chi connectivity index (χ0) is 25.9. The van der Waals surface area contributed by atoms with Gasteiger partial charge < -0.3 is 15.2 Å². The summed E-state index contributed by atoms with van der Waals surface area (Å²) in [6.45, 7) is 7.19. The quantitative estimate of drug-likeness (QED) is 0.516. The highest BCUT2D eigenvalue weighted by Gasteiger charge is 2.61. The molecule has 5 heteroatoms. The molecule has 3 fully saturated rings. The van der Waals surface area contributed by atoms with Crippen molar-refractivity contribution in [2.45, 2.75) is 102 Å². The number of ketones is 1. The van der Waals surface area contributed by atoms with Crippen LogP contribution >= 0.6 is 0 Å². The van der Waals surface area contributed by atoms with Crippen LogP contribution in [-0.4, -0.2) is 35.0 Å². The van der Waals surface area contributed by atoms with Gasteiger partial charge in [0.2, 0.25) is 0 Å². The van der Waals surface area contributed by atoms with E-state index in [0.29, 0.717) is 18.3 Å². The Hall–Kier alpha value is -2.24. The molecule has 37 heavy (non-hydrogen) atoms. The molecule has 6 rings (SSSR count). The Morgan fingerprint density at radius 2 is 1.89 bits per heavy atom. The lowest BCUT2D eigenvalue weighted by molar-refractivity contribution is -0.150. The summed E-state index contributed by atoms with van der Waals surface area (Å²) in [6.07, 6.45) is 9.86. The number of rotatable bonds is 4. The predicted molar refractivity (Wildman–Crippen MR) is 143 cm³/mol. The monoisotopic (exact) mass is 503 g/mol. The van der Waals surface area contributed by atoms with Crippen LogP contribution in [0.3, 0.4) is 0 Å². The van der Waals surface area contributed by atoms with Gasteiger partial charge >= 0.3 is 5.97 Å². The number of carbonyl (C=O) groups is 2. The van der Waals surface area contributed by atoms with Crippen LogP contribution in [0.5, 0.6) is 0 Å². The highest BCUT2D eigenvalue weighted by Crippen LogP contribution is 2.66. The second kappa shape index (κ2) is 9.20. The second-order valence-corrected chi connectivity index (χ2v) is 12.7. The Kier molecular flexibility index (Phi) is 6.23. The minimum atomic E-state index is -0.665. The van der Waals surface area contributed by atoms with Crippen LogP contribution in [0, 0.1) is 17.3 Å². The molecule has 2 N–H and O–H groups in total. The first-order valence-corrected chi connectivity index (χ1v) is 14.4. The summed E-state index contributed by atoms with van der Waals surface area (Å²) in [6, 6.07) is 8.46. The Balaban J connectivity index is 1.33. The Morgan fingerprint density at radius 3 is 2.62 bits per heavy atom. The Labute approximate surface area is 220 Å². The van der Waals surface area contributed by atoms with E-state index in [1.54, 1.807) is 5.57 Å². The number of nitrogens with one attached hydrogen (secondary N) is 1. The molecule has 1 aliphatic heterocycles. The van der Waals surface area contributed by atoms with Gasteiger partial charge in [-0.3, -0.25) is 9.59 Å². The van der Waals surface area contributed by atoms with E-state index in [0.717, 1.165) is 63.5 Å². The molecule has 7 unspecified atom stereocenters. The number of ether oxygens (including phenoxy) is 1. The third-order valence-corrected chi connectivity index (χ3v) is 10.7. The van der Waals surface area contributed by atoms with Crippen molar-refractivity contribution in [3.05, 3.63) is 58.2 Å². The average Bonchev–Trinajstić information content (AvgIpc) is 3.50. The van der Waals surface area contributed by atoms with Crippen LogP contribution < -0.4 is 5.32 Å². The minimum Gasteiger partial charge on any atom is -0.457 e. The molecule has 2 saturated carbocycles. The first-order chi connectivity index (χ1) is 17.7. The molecule has 5 aliphatic rings. The van der Waals surface area contributed by atoms with Crippen molar-refractivity contribution in [3.63, 3.8) is 0 Å². The van der Waals surface area contributed by atoms with E-state index >= 15 is 0 Å². The van der Waals surface area contributed by atoms with Crippen molar-refractivity contribution >= 4 is 11.8 Å². The second-order valence-electron chi connectivity index (χ2n) is 12.7. The zero-order valence-corrected chi connectivity index (χ0v) is 22.5. The number of allylic oxidation sites excluding steroid dienone is 4. The van der Waals surface area contributed by atoms with Crippen LogP contribution in [0.2, 0.25) is 0 Å². The lowest BCUT2D eigenvalue weighted by atomic mass is 9.51. The van der Waals surface area contributed by atoms with Gasteiger partial charge in [-0.2, -0.15) is 0 Å². The van der Waals surface area contributed by atoms with Gasteiger partial charge in [0, 0.05) is 17.8 Å². The zero-order valence-electron chi connectivity index (χ0n) is 22.5. The van der Waals surface area contributed by atoms with Crippen LogP contribution in [-0.2, 0) is 14.3 Å². The van der Waals surface area contributed by atoms with Crippen LogP contribution in [0.25, 0.3) is 0 Å². The van der Waals surface area contributed by atoms with Gasteiger partial charge in [-0.1, -0.05) is 36.8 Å². The molecule has 0 spiro atoms. The molecule has 198 valence electrons. The first-order valence-electron chi connectivity index (χ1n) is 14.4. The lowest BCUT2D eigenvalue weighted by Gasteiger charge is -2.54. The molecule has 5 nitrogen and oxygen atoms in total. The molecule has 4 aliphatic carbocycles. The van der Waals surface area contributed by atoms with Crippen molar-refractivity contribution in [2.24, 2.45) is 17.3 Å². The van der Waals surface area contributed by atoms with Gasteiger partial charge in [-0.05, 0) is 112 Å². The summed E-state index contributed by atoms with van der Waals surface area (Å²) < 4.78 is 5.79. The topological polar surface area (TPSA) is 75.6 Å².